The summed E-state index contributed by atoms with van der Waals surface area (Å²) in [6.45, 7) is 2.03. The molecule has 8 nitrogen and oxygen atoms in total. The van der Waals surface area contributed by atoms with Gasteiger partial charge in [-0.2, -0.15) is 4.31 Å². The topological polar surface area (TPSA) is 110 Å². The van der Waals surface area contributed by atoms with E-state index in [1.54, 1.807) is 7.05 Å². The van der Waals surface area contributed by atoms with E-state index in [9.17, 15) is 13.2 Å². The fourth-order valence-corrected chi connectivity index (χ4v) is 3.92. The third kappa shape index (κ3) is 2.56. The van der Waals surface area contributed by atoms with Crippen molar-refractivity contribution in [3.8, 4) is 0 Å². The number of anilines is 1. The van der Waals surface area contributed by atoms with Gasteiger partial charge in [-0.25, -0.2) is 13.4 Å². The van der Waals surface area contributed by atoms with Gasteiger partial charge in [0.15, 0.2) is 10.8 Å². The van der Waals surface area contributed by atoms with E-state index < -0.39 is 10.0 Å². The second kappa shape index (κ2) is 4.82. The lowest BCUT2D eigenvalue weighted by Crippen LogP contribution is -2.37. The van der Waals surface area contributed by atoms with Gasteiger partial charge >= 0.3 is 0 Å². The van der Waals surface area contributed by atoms with Gasteiger partial charge in [0.2, 0.25) is 5.91 Å². The minimum Gasteiger partial charge on any atom is -0.381 e. The number of nitrogens with two attached hydrogens (primary N) is 1. The third-order valence-corrected chi connectivity index (χ3v) is 5.05. The zero-order valence-electron chi connectivity index (χ0n) is 10.8. The first-order chi connectivity index (χ1) is 8.82. The summed E-state index contributed by atoms with van der Waals surface area (Å²) < 4.78 is 27.6. The summed E-state index contributed by atoms with van der Waals surface area (Å²) >= 11 is 0. The van der Waals surface area contributed by atoms with Crippen LogP contribution in [-0.2, 0) is 21.9 Å². The number of hydrogen-bond donors (Lipinski definition) is 2. The molecule has 1 aliphatic heterocycles. The van der Waals surface area contributed by atoms with E-state index in [0.717, 1.165) is 0 Å². The molecule has 2 rings (SSSR count). The van der Waals surface area contributed by atoms with Gasteiger partial charge in [0.1, 0.15) is 0 Å². The SMILES string of the molecule is CC(=O)NC1CCN(S(=O)(=O)c2c(N)ncn2C)C1. The molecular formula is C10H17N5O3S. The van der Waals surface area contributed by atoms with Crippen molar-refractivity contribution < 1.29 is 13.2 Å². The van der Waals surface area contributed by atoms with Crippen LogP contribution in [0.5, 0.6) is 0 Å². The molecule has 1 aromatic heterocycles. The molecule has 1 aliphatic rings. The number of carbonyl (C=O) groups is 1. The van der Waals surface area contributed by atoms with Crippen LogP contribution in [0, 0.1) is 0 Å². The minimum absolute atomic E-state index is 0.00373. The number of imidazole rings is 1. The Labute approximate surface area is 111 Å². The number of aryl methyl sites for hydroxylation is 1. The normalized spacial score (nSPS) is 20.6. The summed E-state index contributed by atoms with van der Waals surface area (Å²) in [5.74, 6) is -0.172. The number of sulfonamides is 1. The van der Waals surface area contributed by atoms with E-state index >= 15 is 0 Å². The molecule has 1 saturated heterocycles. The molecular weight excluding hydrogens is 270 g/mol. The summed E-state index contributed by atoms with van der Waals surface area (Å²) in [6.07, 6.45) is 1.96. The Morgan fingerprint density at radius 3 is 2.79 bits per heavy atom. The van der Waals surface area contributed by atoms with E-state index in [1.807, 2.05) is 0 Å². The van der Waals surface area contributed by atoms with Crippen LogP contribution in [0.2, 0.25) is 0 Å². The number of nitrogen functional groups attached to an aromatic ring is 1. The average molecular weight is 287 g/mol. The number of rotatable bonds is 3. The molecule has 0 bridgehead atoms. The van der Waals surface area contributed by atoms with Crippen molar-refractivity contribution >= 4 is 21.7 Å². The molecule has 0 spiro atoms. The largest absolute Gasteiger partial charge is 0.381 e. The summed E-state index contributed by atoms with van der Waals surface area (Å²) in [6, 6.07) is -0.151. The van der Waals surface area contributed by atoms with Gasteiger partial charge in [0.25, 0.3) is 10.0 Å². The van der Waals surface area contributed by atoms with Crippen molar-refractivity contribution in [1.82, 2.24) is 19.2 Å². The number of nitrogens with zero attached hydrogens (tertiary/aromatic N) is 3. The van der Waals surface area contributed by atoms with Gasteiger partial charge in [-0.3, -0.25) is 4.79 Å². The molecule has 1 aromatic rings. The second-order valence-electron chi connectivity index (χ2n) is 4.60. The first-order valence-corrected chi connectivity index (χ1v) is 7.30. The molecule has 0 aromatic carbocycles. The van der Waals surface area contributed by atoms with Crippen molar-refractivity contribution in [3.63, 3.8) is 0 Å². The Bertz CT molecular complexity index is 575. The fourth-order valence-electron chi connectivity index (χ4n) is 2.23. The third-order valence-electron chi connectivity index (χ3n) is 3.05. The number of aromatic nitrogens is 2. The van der Waals surface area contributed by atoms with Crippen molar-refractivity contribution in [2.45, 2.75) is 24.4 Å². The van der Waals surface area contributed by atoms with Crippen LogP contribution in [0.15, 0.2) is 11.4 Å². The predicted molar refractivity (Wildman–Crippen MR) is 68.6 cm³/mol. The van der Waals surface area contributed by atoms with Crippen LogP contribution in [0.1, 0.15) is 13.3 Å². The van der Waals surface area contributed by atoms with E-state index in [2.05, 4.69) is 10.3 Å². The lowest BCUT2D eigenvalue weighted by Gasteiger charge is -2.17. The van der Waals surface area contributed by atoms with Crippen molar-refractivity contribution in [2.24, 2.45) is 7.05 Å². The smallest absolute Gasteiger partial charge is 0.262 e. The Balaban J connectivity index is 2.21. The average Bonchev–Trinajstić information content (AvgIpc) is 2.86. The van der Waals surface area contributed by atoms with Crippen LogP contribution in [-0.4, -0.2) is 47.3 Å². The minimum atomic E-state index is -3.67. The van der Waals surface area contributed by atoms with E-state index in [1.165, 1.54) is 22.1 Å². The molecule has 2 heterocycles. The summed E-state index contributed by atoms with van der Waals surface area (Å²) in [5, 5.41) is 2.72. The Kier molecular flexibility index (Phi) is 3.50. The maximum atomic E-state index is 12.4. The molecule has 0 saturated carbocycles. The lowest BCUT2D eigenvalue weighted by atomic mass is 10.3. The maximum absolute atomic E-state index is 12.4. The first kappa shape index (κ1) is 13.8. The zero-order chi connectivity index (χ0) is 14.2. The summed E-state index contributed by atoms with van der Waals surface area (Å²) in [4.78, 5) is 14.8. The highest BCUT2D eigenvalue weighted by Crippen LogP contribution is 2.24. The van der Waals surface area contributed by atoms with Crippen LogP contribution < -0.4 is 11.1 Å². The first-order valence-electron chi connectivity index (χ1n) is 5.86. The monoisotopic (exact) mass is 287 g/mol. The molecule has 3 N–H and O–H groups in total. The molecule has 106 valence electrons. The second-order valence-corrected chi connectivity index (χ2v) is 6.45. The Morgan fingerprint density at radius 2 is 2.26 bits per heavy atom. The lowest BCUT2D eigenvalue weighted by molar-refractivity contribution is -0.119. The molecule has 0 aliphatic carbocycles. The highest BCUT2D eigenvalue weighted by molar-refractivity contribution is 7.89. The van der Waals surface area contributed by atoms with E-state index in [4.69, 9.17) is 5.73 Å². The van der Waals surface area contributed by atoms with Gasteiger partial charge in [-0.05, 0) is 6.42 Å². The van der Waals surface area contributed by atoms with Crippen molar-refractivity contribution in [3.05, 3.63) is 6.33 Å². The number of hydrogen-bond acceptors (Lipinski definition) is 5. The van der Waals surface area contributed by atoms with Crippen LogP contribution >= 0.6 is 0 Å². The molecule has 19 heavy (non-hydrogen) atoms. The van der Waals surface area contributed by atoms with Gasteiger partial charge in [0, 0.05) is 33.1 Å². The van der Waals surface area contributed by atoms with Gasteiger partial charge in [-0.15, -0.1) is 0 Å². The molecule has 1 unspecified atom stereocenters. The van der Waals surface area contributed by atoms with E-state index in [0.29, 0.717) is 13.0 Å². The maximum Gasteiger partial charge on any atom is 0.262 e. The molecule has 0 radical (unpaired) electrons. The van der Waals surface area contributed by atoms with Gasteiger partial charge in [-0.1, -0.05) is 0 Å². The summed E-state index contributed by atoms with van der Waals surface area (Å²) in [5.41, 5.74) is 5.60. The highest BCUT2D eigenvalue weighted by Gasteiger charge is 2.35. The quantitative estimate of drug-likeness (QED) is 0.733. The number of carbonyl (C=O) groups excluding carboxylic acids is 1. The Hall–Kier alpha value is -1.61. The zero-order valence-corrected chi connectivity index (χ0v) is 11.6. The summed E-state index contributed by atoms with van der Waals surface area (Å²) in [7, 11) is -2.09. The highest BCUT2D eigenvalue weighted by atomic mass is 32.2. The fraction of sp³-hybridized carbons (Fsp3) is 0.600. The van der Waals surface area contributed by atoms with Crippen molar-refractivity contribution in [1.29, 1.82) is 0 Å². The molecule has 9 heteroatoms. The standard InChI is InChI=1S/C10H17N5O3S/c1-7(16)13-8-3-4-15(5-8)19(17,18)10-9(11)12-6-14(10)2/h6,8H,3-5,11H2,1-2H3,(H,13,16). The van der Waals surface area contributed by atoms with Gasteiger partial charge < -0.3 is 15.6 Å². The van der Waals surface area contributed by atoms with E-state index in [-0.39, 0.29) is 29.3 Å². The van der Waals surface area contributed by atoms with Crippen LogP contribution in [0.4, 0.5) is 5.82 Å². The molecule has 1 amide bonds. The van der Waals surface area contributed by atoms with Crippen LogP contribution in [0.3, 0.4) is 0 Å². The van der Waals surface area contributed by atoms with Gasteiger partial charge in [0.05, 0.1) is 6.33 Å². The predicted octanol–water partition coefficient (Wildman–Crippen LogP) is -1.10. The molecule has 1 fully saturated rings. The number of amides is 1. The van der Waals surface area contributed by atoms with Crippen molar-refractivity contribution in [2.75, 3.05) is 18.8 Å². The van der Waals surface area contributed by atoms with Crippen LogP contribution in [0.25, 0.3) is 0 Å². The number of nitrogens with one attached hydrogen (secondary N) is 1. The molecule has 1 atom stereocenters. The Morgan fingerprint density at radius 1 is 1.58 bits per heavy atom.